The summed E-state index contributed by atoms with van der Waals surface area (Å²) in [5.74, 6) is 0.284. The molecule has 6 nitrogen and oxygen atoms in total. The summed E-state index contributed by atoms with van der Waals surface area (Å²) in [6, 6.07) is 5.28. The molecule has 0 bridgehead atoms. The molecule has 0 fully saturated rings. The van der Waals surface area contributed by atoms with E-state index in [0.29, 0.717) is 18.7 Å². The minimum Gasteiger partial charge on any atom is -0.497 e. The highest BCUT2D eigenvalue weighted by Crippen LogP contribution is 2.19. The van der Waals surface area contributed by atoms with Gasteiger partial charge in [-0.3, -0.25) is 4.79 Å². The van der Waals surface area contributed by atoms with Gasteiger partial charge in [0.2, 0.25) is 15.9 Å². The van der Waals surface area contributed by atoms with Crippen molar-refractivity contribution in [1.82, 2.24) is 10.0 Å². The summed E-state index contributed by atoms with van der Waals surface area (Å²) in [7, 11) is -2.25. The van der Waals surface area contributed by atoms with E-state index in [-0.39, 0.29) is 10.8 Å². The number of amides is 1. The zero-order valence-corrected chi connectivity index (χ0v) is 16.3. The zero-order chi connectivity index (χ0) is 19.0. The van der Waals surface area contributed by atoms with Crippen molar-refractivity contribution in [2.45, 2.75) is 56.4 Å². The van der Waals surface area contributed by atoms with Crippen molar-refractivity contribution in [3.05, 3.63) is 35.9 Å². The Labute approximate surface area is 156 Å². The van der Waals surface area contributed by atoms with E-state index in [9.17, 15) is 13.2 Å². The number of carbonyl (C=O) groups is 1. The normalized spacial score (nSPS) is 15.8. The molecular weight excluding hydrogens is 352 g/mol. The lowest BCUT2D eigenvalue weighted by Gasteiger charge is -2.18. The number of sulfonamides is 1. The molecule has 1 aliphatic rings. The number of nitrogens with one attached hydrogen (secondary N) is 2. The van der Waals surface area contributed by atoms with Crippen LogP contribution in [0.1, 0.15) is 45.4 Å². The van der Waals surface area contributed by atoms with Gasteiger partial charge in [0, 0.05) is 6.54 Å². The fraction of sp³-hybridized carbons (Fsp3) is 0.526. The van der Waals surface area contributed by atoms with Crippen LogP contribution in [-0.4, -0.2) is 34.0 Å². The highest BCUT2D eigenvalue weighted by Gasteiger charge is 2.24. The highest BCUT2D eigenvalue weighted by atomic mass is 32.2. The van der Waals surface area contributed by atoms with Gasteiger partial charge in [-0.25, -0.2) is 8.42 Å². The molecule has 1 atom stereocenters. The Kier molecular flexibility index (Phi) is 7.66. The number of allylic oxidation sites excluding steroid dienone is 1. The Hall–Kier alpha value is -1.86. The standard InChI is InChI=1S/C19H28N2O4S/c1-3-18(19(22)20-14-13-15-7-5-4-6-8-15)21-26(23,24)17-11-9-16(25-2)10-12-17/h7,9-12,18,21H,3-6,8,13-14H2,1-2H3,(H,20,22)/t18-/m0/s1. The number of methoxy groups -OCH3 is 1. The Bertz CT molecular complexity index is 726. The molecule has 0 aromatic heterocycles. The minimum absolute atomic E-state index is 0.108. The van der Waals surface area contributed by atoms with Crippen LogP contribution < -0.4 is 14.8 Å². The molecule has 1 amide bonds. The fourth-order valence-electron chi connectivity index (χ4n) is 2.93. The van der Waals surface area contributed by atoms with Crippen LogP contribution in [0.4, 0.5) is 0 Å². The molecule has 1 aromatic rings. The Morgan fingerprint density at radius 2 is 1.96 bits per heavy atom. The second kappa shape index (κ2) is 9.73. The van der Waals surface area contributed by atoms with Crippen molar-refractivity contribution in [3.8, 4) is 5.75 Å². The molecule has 2 rings (SSSR count). The van der Waals surface area contributed by atoms with Crippen LogP contribution in [0.25, 0.3) is 0 Å². The largest absolute Gasteiger partial charge is 0.497 e. The van der Waals surface area contributed by atoms with Gasteiger partial charge in [-0.2, -0.15) is 4.72 Å². The van der Waals surface area contributed by atoms with Crippen molar-refractivity contribution in [1.29, 1.82) is 0 Å². The maximum atomic E-state index is 12.5. The van der Waals surface area contributed by atoms with Gasteiger partial charge in [-0.05, 0) is 62.8 Å². The number of rotatable bonds is 9. The molecule has 0 unspecified atom stereocenters. The fourth-order valence-corrected chi connectivity index (χ4v) is 4.21. The first kappa shape index (κ1) is 20.5. The molecule has 0 saturated carbocycles. The van der Waals surface area contributed by atoms with Gasteiger partial charge in [-0.15, -0.1) is 0 Å². The van der Waals surface area contributed by atoms with Gasteiger partial charge in [0.25, 0.3) is 0 Å². The van der Waals surface area contributed by atoms with Crippen LogP contribution in [-0.2, 0) is 14.8 Å². The number of benzene rings is 1. The van der Waals surface area contributed by atoms with Gasteiger partial charge >= 0.3 is 0 Å². The molecule has 7 heteroatoms. The van der Waals surface area contributed by atoms with Gasteiger partial charge in [0.05, 0.1) is 12.0 Å². The molecular formula is C19H28N2O4S. The Balaban J connectivity index is 1.91. The molecule has 0 aliphatic heterocycles. The van der Waals surface area contributed by atoms with Crippen molar-refractivity contribution >= 4 is 15.9 Å². The van der Waals surface area contributed by atoms with E-state index in [1.54, 1.807) is 19.1 Å². The zero-order valence-electron chi connectivity index (χ0n) is 15.5. The Morgan fingerprint density at radius 3 is 2.54 bits per heavy atom. The van der Waals surface area contributed by atoms with Crippen LogP contribution in [0.5, 0.6) is 5.75 Å². The second-order valence-electron chi connectivity index (χ2n) is 6.41. The molecule has 0 heterocycles. The highest BCUT2D eigenvalue weighted by molar-refractivity contribution is 7.89. The number of carbonyl (C=O) groups excluding carboxylic acids is 1. The van der Waals surface area contributed by atoms with Gasteiger partial charge in [-0.1, -0.05) is 18.6 Å². The molecule has 0 saturated heterocycles. The minimum atomic E-state index is -3.76. The van der Waals surface area contributed by atoms with Gasteiger partial charge in [0.1, 0.15) is 11.8 Å². The van der Waals surface area contributed by atoms with E-state index in [1.807, 2.05) is 0 Å². The second-order valence-corrected chi connectivity index (χ2v) is 8.12. The lowest BCUT2D eigenvalue weighted by Crippen LogP contribution is -2.46. The predicted octanol–water partition coefficient (Wildman–Crippen LogP) is 2.76. The van der Waals surface area contributed by atoms with Crippen molar-refractivity contribution < 1.29 is 17.9 Å². The molecule has 1 aromatic carbocycles. The van der Waals surface area contributed by atoms with E-state index in [4.69, 9.17) is 4.74 Å². The van der Waals surface area contributed by atoms with Crippen molar-refractivity contribution in [2.24, 2.45) is 0 Å². The summed E-state index contributed by atoms with van der Waals surface area (Å²) in [6.45, 7) is 2.32. The first-order valence-corrected chi connectivity index (χ1v) is 10.6. The smallest absolute Gasteiger partial charge is 0.241 e. The molecule has 144 valence electrons. The average molecular weight is 381 g/mol. The summed E-state index contributed by atoms with van der Waals surface area (Å²) in [5, 5.41) is 2.85. The molecule has 0 spiro atoms. The lowest BCUT2D eigenvalue weighted by atomic mass is 9.97. The predicted molar refractivity (Wildman–Crippen MR) is 102 cm³/mol. The maximum Gasteiger partial charge on any atom is 0.241 e. The quantitative estimate of drug-likeness (QED) is 0.645. The van der Waals surface area contributed by atoms with E-state index in [0.717, 1.165) is 19.3 Å². The van der Waals surface area contributed by atoms with Crippen LogP contribution in [0.15, 0.2) is 40.8 Å². The summed E-state index contributed by atoms with van der Waals surface area (Å²) in [5.41, 5.74) is 1.38. The number of hydrogen-bond donors (Lipinski definition) is 2. The molecule has 26 heavy (non-hydrogen) atoms. The topological polar surface area (TPSA) is 84.5 Å². The van der Waals surface area contributed by atoms with Crippen molar-refractivity contribution in [2.75, 3.05) is 13.7 Å². The third-order valence-electron chi connectivity index (χ3n) is 4.52. The number of hydrogen-bond acceptors (Lipinski definition) is 4. The first-order valence-electron chi connectivity index (χ1n) is 9.08. The van der Waals surface area contributed by atoms with E-state index in [1.165, 1.54) is 37.7 Å². The average Bonchev–Trinajstić information content (AvgIpc) is 2.67. The van der Waals surface area contributed by atoms with Crippen LogP contribution >= 0.6 is 0 Å². The third kappa shape index (κ3) is 5.85. The van der Waals surface area contributed by atoms with Gasteiger partial charge in [0.15, 0.2) is 0 Å². The molecule has 1 aliphatic carbocycles. The van der Waals surface area contributed by atoms with Crippen molar-refractivity contribution in [3.63, 3.8) is 0 Å². The first-order chi connectivity index (χ1) is 12.5. The summed E-state index contributed by atoms with van der Waals surface area (Å²) in [4.78, 5) is 12.5. The lowest BCUT2D eigenvalue weighted by molar-refractivity contribution is -0.122. The summed E-state index contributed by atoms with van der Waals surface area (Å²) in [6.07, 6.45) is 8.11. The van der Waals surface area contributed by atoms with E-state index >= 15 is 0 Å². The van der Waals surface area contributed by atoms with E-state index < -0.39 is 16.1 Å². The SMILES string of the molecule is CC[C@H](NS(=O)(=O)c1ccc(OC)cc1)C(=O)NCCC1=CCCCC1. The van der Waals surface area contributed by atoms with Gasteiger partial charge < -0.3 is 10.1 Å². The molecule has 0 radical (unpaired) electrons. The number of ether oxygens (including phenoxy) is 1. The van der Waals surface area contributed by atoms with E-state index in [2.05, 4.69) is 16.1 Å². The maximum absolute atomic E-state index is 12.5. The third-order valence-corrected chi connectivity index (χ3v) is 6.01. The molecule has 2 N–H and O–H groups in total. The van der Waals surface area contributed by atoms with Crippen LogP contribution in [0, 0.1) is 0 Å². The summed E-state index contributed by atoms with van der Waals surface area (Å²) < 4.78 is 32.5. The Morgan fingerprint density at radius 1 is 1.23 bits per heavy atom. The summed E-state index contributed by atoms with van der Waals surface area (Å²) >= 11 is 0. The monoisotopic (exact) mass is 380 g/mol. The van der Waals surface area contributed by atoms with Crippen LogP contribution in [0.3, 0.4) is 0 Å². The van der Waals surface area contributed by atoms with Crippen LogP contribution in [0.2, 0.25) is 0 Å².